The number of ether oxygens (including phenoxy) is 2. The third-order valence-electron chi connectivity index (χ3n) is 4.37. The highest BCUT2D eigenvalue weighted by atomic mass is 127. The summed E-state index contributed by atoms with van der Waals surface area (Å²) in [5, 5.41) is 6.72. The Hall–Kier alpha value is -0.380. The summed E-state index contributed by atoms with van der Waals surface area (Å²) in [6.07, 6.45) is 3.35. The smallest absolute Gasteiger partial charge is 0.191 e. The van der Waals surface area contributed by atoms with Crippen molar-refractivity contribution in [3.05, 3.63) is 34.3 Å². The lowest BCUT2D eigenvalue weighted by Crippen LogP contribution is -2.38. The van der Waals surface area contributed by atoms with Gasteiger partial charge in [0.2, 0.25) is 0 Å². The Morgan fingerprint density at radius 2 is 1.96 bits per heavy atom. The van der Waals surface area contributed by atoms with Gasteiger partial charge in [0.15, 0.2) is 5.96 Å². The molecule has 7 heteroatoms. The van der Waals surface area contributed by atoms with Gasteiger partial charge in [-0.1, -0.05) is 34.1 Å². The molecule has 1 fully saturated rings. The molecule has 0 bridgehead atoms. The SMILES string of the molecule is CCNC(=NCC1(c2ccccc2Br)CC1)NCCCOCCOC.I. The molecule has 0 amide bonds. The van der Waals surface area contributed by atoms with Gasteiger partial charge in [0, 0.05) is 36.7 Å². The predicted octanol–water partition coefficient (Wildman–Crippen LogP) is 3.71. The largest absolute Gasteiger partial charge is 0.382 e. The minimum absolute atomic E-state index is 0. The zero-order valence-corrected chi connectivity index (χ0v) is 19.6. The van der Waals surface area contributed by atoms with Crippen LogP contribution in [-0.4, -0.2) is 52.5 Å². The third kappa shape index (κ3) is 7.70. The van der Waals surface area contributed by atoms with Crippen molar-refractivity contribution in [1.82, 2.24) is 10.6 Å². The maximum absolute atomic E-state index is 5.48. The number of rotatable bonds is 11. The van der Waals surface area contributed by atoms with E-state index in [1.54, 1.807) is 7.11 Å². The van der Waals surface area contributed by atoms with E-state index in [2.05, 4.69) is 57.8 Å². The number of nitrogens with zero attached hydrogens (tertiary/aromatic N) is 1. The van der Waals surface area contributed by atoms with Crippen molar-refractivity contribution in [2.75, 3.05) is 46.6 Å². The number of guanidine groups is 1. The number of hydrogen-bond donors (Lipinski definition) is 2. The monoisotopic (exact) mass is 539 g/mol. The van der Waals surface area contributed by atoms with Gasteiger partial charge >= 0.3 is 0 Å². The molecule has 1 aromatic rings. The fourth-order valence-corrected chi connectivity index (χ4v) is 3.46. The summed E-state index contributed by atoms with van der Waals surface area (Å²) in [6.45, 7) is 6.64. The Morgan fingerprint density at radius 1 is 1.19 bits per heavy atom. The van der Waals surface area contributed by atoms with Crippen molar-refractivity contribution >= 4 is 45.9 Å². The van der Waals surface area contributed by atoms with Crippen molar-refractivity contribution in [1.29, 1.82) is 0 Å². The van der Waals surface area contributed by atoms with Crippen LogP contribution in [-0.2, 0) is 14.9 Å². The van der Waals surface area contributed by atoms with E-state index >= 15 is 0 Å². The molecule has 1 saturated carbocycles. The molecular weight excluding hydrogens is 509 g/mol. The first kappa shape index (κ1) is 23.7. The maximum atomic E-state index is 5.48. The van der Waals surface area contributed by atoms with Crippen LogP contribution in [0, 0.1) is 0 Å². The van der Waals surface area contributed by atoms with E-state index in [4.69, 9.17) is 14.5 Å². The van der Waals surface area contributed by atoms with Crippen molar-refractivity contribution in [3.8, 4) is 0 Å². The van der Waals surface area contributed by atoms with Crippen molar-refractivity contribution in [3.63, 3.8) is 0 Å². The average Bonchev–Trinajstić information content (AvgIpc) is 3.40. The minimum atomic E-state index is 0. The molecule has 0 spiro atoms. The summed E-state index contributed by atoms with van der Waals surface area (Å²) in [5.74, 6) is 0.887. The number of benzene rings is 1. The van der Waals surface area contributed by atoms with Gasteiger partial charge in [0.05, 0.1) is 19.8 Å². The third-order valence-corrected chi connectivity index (χ3v) is 5.06. The van der Waals surface area contributed by atoms with Crippen LogP contribution >= 0.6 is 39.9 Å². The lowest BCUT2D eigenvalue weighted by atomic mass is 9.96. The molecule has 1 aromatic carbocycles. The Bertz CT molecular complexity index is 553. The Balaban J connectivity index is 0.00000338. The van der Waals surface area contributed by atoms with E-state index < -0.39 is 0 Å². The summed E-state index contributed by atoms with van der Waals surface area (Å²) >= 11 is 3.68. The van der Waals surface area contributed by atoms with E-state index in [0.717, 1.165) is 38.6 Å². The van der Waals surface area contributed by atoms with Gasteiger partial charge in [-0.25, -0.2) is 0 Å². The molecule has 26 heavy (non-hydrogen) atoms. The van der Waals surface area contributed by atoms with E-state index in [9.17, 15) is 0 Å². The molecule has 1 aliphatic rings. The lowest BCUT2D eigenvalue weighted by molar-refractivity contribution is 0.0698. The van der Waals surface area contributed by atoms with Gasteiger partial charge in [0.25, 0.3) is 0 Å². The van der Waals surface area contributed by atoms with Gasteiger partial charge in [-0.2, -0.15) is 0 Å². The summed E-state index contributed by atoms with van der Waals surface area (Å²) in [6, 6.07) is 8.50. The van der Waals surface area contributed by atoms with Gasteiger partial charge in [-0.3, -0.25) is 4.99 Å². The molecule has 148 valence electrons. The Morgan fingerprint density at radius 3 is 2.62 bits per heavy atom. The Labute approximate surface area is 182 Å². The molecule has 0 saturated heterocycles. The average molecular weight is 540 g/mol. The molecule has 0 aromatic heterocycles. The highest BCUT2D eigenvalue weighted by Crippen LogP contribution is 2.50. The summed E-state index contributed by atoms with van der Waals surface area (Å²) in [7, 11) is 1.69. The number of halogens is 2. The van der Waals surface area contributed by atoms with E-state index in [1.165, 1.54) is 22.9 Å². The van der Waals surface area contributed by atoms with Crippen LogP contribution in [0.4, 0.5) is 0 Å². The number of hydrogen-bond acceptors (Lipinski definition) is 3. The summed E-state index contributed by atoms with van der Waals surface area (Å²) in [4.78, 5) is 4.83. The molecule has 0 heterocycles. The quantitative estimate of drug-likeness (QED) is 0.195. The second-order valence-electron chi connectivity index (χ2n) is 6.34. The fourth-order valence-electron chi connectivity index (χ4n) is 2.75. The molecule has 1 aliphatic carbocycles. The standard InChI is InChI=1S/C19H30BrN3O2.HI/c1-3-21-18(22-11-6-12-25-14-13-24-2)23-15-19(9-10-19)16-7-4-5-8-17(16)20;/h4-5,7-8H,3,6,9-15H2,1-2H3,(H2,21,22,23);1H. The zero-order chi connectivity index (χ0) is 18.0. The molecule has 0 aliphatic heterocycles. The van der Waals surface area contributed by atoms with E-state index in [0.29, 0.717) is 13.2 Å². The highest BCUT2D eigenvalue weighted by molar-refractivity contribution is 14.0. The summed E-state index contributed by atoms with van der Waals surface area (Å²) in [5.41, 5.74) is 1.58. The van der Waals surface area contributed by atoms with Gasteiger partial charge < -0.3 is 20.1 Å². The van der Waals surface area contributed by atoms with Crippen LogP contribution in [0.3, 0.4) is 0 Å². The molecular formula is C19H31BrIN3O2. The lowest BCUT2D eigenvalue weighted by Gasteiger charge is -2.17. The molecule has 0 radical (unpaired) electrons. The predicted molar refractivity (Wildman–Crippen MR) is 122 cm³/mol. The number of nitrogens with one attached hydrogen (secondary N) is 2. The van der Waals surface area contributed by atoms with Crippen LogP contribution < -0.4 is 10.6 Å². The molecule has 0 atom stereocenters. The van der Waals surface area contributed by atoms with Crippen LogP contribution in [0.5, 0.6) is 0 Å². The first-order valence-corrected chi connectivity index (χ1v) is 9.85. The topological polar surface area (TPSA) is 54.9 Å². The molecule has 5 nitrogen and oxygen atoms in total. The fraction of sp³-hybridized carbons (Fsp3) is 0.632. The second-order valence-corrected chi connectivity index (χ2v) is 7.20. The van der Waals surface area contributed by atoms with Gasteiger partial charge in [-0.05, 0) is 37.8 Å². The highest BCUT2D eigenvalue weighted by Gasteiger charge is 2.45. The van der Waals surface area contributed by atoms with Crippen molar-refractivity contribution < 1.29 is 9.47 Å². The molecule has 2 rings (SSSR count). The van der Waals surface area contributed by atoms with Crippen LogP contribution in [0.25, 0.3) is 0 Å². The maximum Gasteiger partial charge on any atom is 0.191 e. The summed E-state index contributed by atoms with van der Waals surface area (Å²) < 4.78 is 11.6. The van der Waals surface area contributed by atoms with E-state index in [1.807, 2.05) is 0 Å². The zero-order valence-electron chi connectivity index (χ0n) is 15.7. The van der Waals surface area contributed by atoms with Crippen molar-refractivity contribution in [2.24, 2.45) is 4.99 Å². The van der Waals surface area contributed by atoms with Crippen molar-refractivity contribution in [2.45, 2.75) is 31.6 Å². The molecule has 0 unspecified atom stereocenters. The Kier molecular flexibility index (Phi) is 11.7. The first-order chi connectivity index (χ1) is 12.2. The number of methoxy groups -OCH3 is 1. The molecule has 2 N–H and O–H groups in total. The van der Waals surface area contributed by atoms with Crippen LogP contribution in [0.1, 0.15) is 31.7 Å². The van der Waals surface area contributed by atoms with Gasteiger partial charge in [-0.15, -0.1) is 24.0 Å². The second kappa shape index (κ2) is 12.9. The van der Waals surface area contributed by atoms with Crippen LogP contribution in [0.2, 0.25) is 0 Å². The minimum Gasteiger partial charge on any atom is -0.382 e. The van der Waals surface area contributed by atoms with Crippen LogP contribution in [0.15, 0.2) is 33.7 Å². The number of aliphatic imine (C=N–C) groups is 1. The normalized spacial score (nSPS) is 15.3. The van der Waals surface area contributed by atoms with Gasteiger partial charge in [0.1, 0.15) is 0 Å². The first-order valence-electron chi connectivity index (χ1n) is 9.06. The van der Waals surface area contributed by atoms with E-state index in [-0.39, 0.29) is 29.4 Å².